The fourth-order valence-electron chi connectivity index (χ4n) is 0.302. The molecule has 0 aliphatic heterocycles. The number of ether oxygens (including phenoxy) is 1. The summed E-state index contributed by atoms with van der Waals surface area (Å²) in [4.78, 5) is 19.9. The summed E-state index contributed by atoms with van der Waals surface area (Å²) in [5, 5.41) is 15.6. The molecule has 0 bridgehead atoms. The lowest BCUT2D eigenvalue weighted by molar-refractivity contribution is -0.142. The minimum absolute atomic E-state index is 0.176. The van der Waals surface area contributed by atoms with Crippen LogP contribution >= 0.6 is 0 Å². The van der Waals surface area contributed by atoms with Gasteiger partial charge in [0.15, 0.2) is 0 Å². The Balaban J connectivity index is 0. The van der Waals surface area contributed by atoms with Crippen molar-refractivity contribution < 1.29 is 19.4 Å². The second-order valence-corrected chi connectivity index (χ2v) is 2.22. The molecule has 0 unspecified atom stereocenters. The van der Waals surface area contributed by atoms with Gasteiger partial charge in [0, 0.05) is 6.42 Å². The first-order valence-electron chi connectivity index (χ1n) is 4.08. The van der Waals surface area contributed by atoms with Gasteiger partial charge in [-0.15, -0.1) is 0 Å². The standard InChI is InChI=1S/C6H10O2.C4H3NO2/c1-3-5-8-6(7)4-2;1-3(2-5)4(6)7/h3H,1,4-5H2,2H3;1H2,(H,6,7). The van der Waals surface area contributed by atoms with Crippen molar-refractivity contribution >= 4 is 11.9 Å². The molecular formula is C10H13NO4. The smallest absolute Gasteiger partial charge is 0.345 e. The lowest BCUT2D eigenvalue weighted by atomic mass is 10.4. The molecule has 5 nitrogen and oxygen atoms in total. The first-order valence-corrected chi connectivity index (χ1v) is 4.08. The van der Waals surface area contributed by atoms with E-state index in [1.165, 1.54) is 6.07 Å². The van der Waals surface area contributed by atoms with Gasteiger partial charge in [-0.3, -0.25) is 4.79 Å². The quantitative estimate of drug-likeness (QED) is 0.327. The molecule has 0 radical (unpaired) electrons. The van der Waals surface area contributed by atoms with E-state index in [0.29, 0.717) is 13.0 Å². The van der Waals surface area contributed by atoms with Gasteiger partial charge in [-0.1, -0.05) is 26.2 Å². The molecule has 0 amide bonds. The summed E-state index contributed by atoms with van der Waals surface area (Å²) in [7, 11) is 0. The molecule has 5 heteroatoms. The molecule has 0 aromatic rings. The van der Waals surface area contributed by atoms with Crippen LogP contribution in [0.4, 0.5) is 0 Å². The summed E-state index contributed by atoms with van der Waals surface area (Å²) in [6, 6.07) is 1.37. The first kappa shape index (κ1) is 15.4. The van der Waals surface area contributed by atoms with E-state index in [0.717, 1.165) is 0 Å². The summed E-state index contributed by atoms with van der Waals surface area (Å²) in [6.07, 6.45) is 1.99. The molecule has 0 aromatic heterocycles. The predicted molar refractivity (Wildman–Crippen MR) is 53.8 cm³/mol. The summed E-state index contributed by atoms with van der Waals surface area (Å²) >= 11 is 0. The third-order valence-corrected chi connectivity index (χ3v) is 1.04. The van der Waals surface area contributed by atoms with Crippen molar-refractivity contribution in [3.63, 3.8) is 0 Å². The van der Waals surface area contributed by atoms with Crippen molar-refractivity contribution in [2.24, 2.45) is 0 Å². The Hall–Kier alpha value is -2.09. The fraction of sp³-hybridized carbons (Fsp3) is 0.300. The van der Waals surface area contributed by atoms with Crippen LogP contribution in [0, 0.1) is 11.3 Å². The van der Waals surface area contributed by atoms with Crippen molar-refractivity contribution in [3.8, 4) is 6.07 Å². The van der Waals surface area contributed by atoms with Gasteiger partial charge in [-0.2, -0.15) is 5.26 Å². The van der Waals surface area contributed by atoms with Crippen LogP contribution in [0.5, 0.6) is 0 Å². The van der Waals surface area contributed by atoms with E-state index in [2.05, 4.69) is 17.9 Å². The maximum Gasteiger partial charge on any atom is 0.345 e. The van der Waals surface area contributed by atoms with Crippen molar-refractivity contribution in [3.05, 3.63) is 24.8 Å². The van der Waals surface area contributed by atoms with E-state index < -0.39 is 11.5 Å². The number of nitrogens with zero attached hydrogens (tertiary/aromatic N) is 1. The number of hydrogen-bond donors (Lipinski definition) is 1. The Morgan fingerprint density at radius 3 is 2.33 bits per heavy atom. The number of carbonyl (C=O) groups is 2. The molecule has 0 saturated carbocycles. The average molecular weight is 211 g/mol. The van der Waals surface area contributed by atoms with Crippen molar-refractivity contribution in [2.75, 3.05) is 6.61 Å². The maximum atomic E-state index is 10.3. The number of nitriles is 1. The van der Waals surface area contributed by atoms with E-state index >= 15 is 0 Å². The number of carbonyl (C=O) groups excluding carboxylic acids is 1. The number of hydrogen-bond acceptors (Lipinski definition) is 4. The van der Waals surface area contributed by atoms with Crippen LogP contribution in [0.25, 0.3) is 0 Å². The third kappa shape index (κ3) is 11.9. The fourth-order valence-corrected chi connectivity index (χ4v) is 0.302. The highest BCUT2D eigenvalue weighted by Crippen LogP contribution is 1.82. The zero-order valence-electron chi connectivity index (χ0n) is 8.52. The van der Waals surface area contributed by atoms with Crippen molar-refractivity contribution in [1.29, 1.82) is 5.26 Å². The van der Waals surface area contributed by atoms with Crippen LogP contribution in [-0.2, 0) is 14.3 Å². The lowest BCUT2D eigenvalue weighted by Crippen LogP contribution is -2.00. The Bertz CT molecular complexity index is 288. The van der Waals surface area contributed by atoms with E-state index in [-0.39, 0.29) is 5.97 Å². The molecule has 0 saturated heterocycles. The zero-order chi connectivity index (χ0) is 12.3. The summed E-state index contributed by atoms with van der Waals surface area (Å²) in [5.41, 5.74) is -0.431. The minimum Gasteiger partial charge on any atom is -0.477 e. The van der Waals surface area contributed by atoms with E-state index in [4.69, 9.17) is 10.4 Å². The molecule has 0 aliphatic carbocycles. The topological polar surface area (TPSA) is 87.4 Å². The van der Waals surface area contributed by atoms with E-state index in [1.807, 2.05) is 0 Å². The van der Waals surface area contributed by atoms with Crippen LogP contribution in [0.1, 0.15) is 13.3 Å². The zero-order valence-corrected chi connectivity index (χ0v) is 8.52. The van der Waals surface area contributed by atoms with Crippen LogP contribution in [-0.4, -0.2) is 23.7 Å². The molecule has 0 atom stereocenters. The van der Waals surface area contributed by atoms with Gasteiger partial charge in [-0.05, 0) is 0 Å². The van der Waals surface area contributed by atoms with Crippen molar-refractivity contribution in [2.45, 2.75) is 13.3 Å². The number of esters is 1. The highest BCUT2D eigenvalue weighted by atomic mass is 16.5. The Morgan fingerprint density at radius 2 is 2.13 bits per heavy atom. The maximum absolute atomic E-state index is 10.3. The highest BCUT2D eigenvalue weighted by Gasteiger charge is 1.97. The third-order valence-electron chi connectivity index (χ3n) is 1.04. The molecule has 0 fully saturated rings. The van der Waals surface area contributed by atoms with Gasteiger partial charge in [0.25, 0.3) is 0 Å². The Labute approximate surface area is 88.3 Å². The van der Waals surface area contributed by atoms with Crippen LogP contribution in [0.3, 0.4) is 0 Å². The Kier molecular flexibility index (Phi) is 10.3. The highest BCUT2D eigenvalue weighted by molar-refractivity contribution is 5.90. The van der Waals surface area contributed by atoms with Gasteiger partial charge < -0.3 is 9.84 Å². The molecule has 15 heavy (non-hydrogen) atoms. The molecule has 1 N–H and O–H groups in total. The van der Waals surface area contributed by atoms with Crippen molar-refractivity contribution in [1.82, 2.24) is 0 Å². The van der Waals surface area contributed by atoms with Crippen LogP contribution in [0.2, 0.25) is 0 Å². The summed E-state index contributed by atoms with van der Waals surface area (Å²) in [6.45, 7) is 8.38. The first-order chi connectivity index (χ1) is 6.99. The Morgan fingerprint density at radius 1 is 1.60 bits per heavy atom. The average Bonchev–Trinajstić information content (AvgIpc) is 2.25. The molecule has 0 spiro atoms. The minimum atomic E-state index is -1.26. The lowest BCUT2D eigenvalue weighted by Gasteiger charge is -1.94. The summed E-state index contributed by atoms with van der Waals surface area (Å²) in [5.74, 6) is -1.44. The molecule has 0 heterocycles. The molecular weight excluding hydrogens is 198 g/mol. The predicted octanol–water partition coefficient (Wildman–Crippen LogP) is 1.28. The largest absolute Gasteiger partial charge is 0.477 e. The second kappa shape index (κ2) is 9.99. The summed E-state index contributed by atoms with van der Waals surface area (Å²) < 4.78 is 4.58. The molecule has 0 rings (SSSR count). The van der Waals surface area contributed by atoms with Crippen LogP contribution < -0.4 is 0 Å². The SMILES string of the molecule is C=C(C#N)C(=O)O.C=CCOC(=O)CC. The van der Waals surface area contributed by atoms with E-state index in [9.17, 15) is 9.59 Å². The van der Waals surface area contributed by atoms with E-state index in [1.54, 1.807) is 13.0 Å². The number of carboxylic acids is 1. The monoisotopic (exact) mass is 211 g/mol. The van der Waals surface area contributed by atoms with Gasteiger partial charge in [0.1, 0.15) is 18.2 Å². The second-order valence-electron chi connectivity index (χ2n) is 2.22. The number of carboxylic acid groups (broad SMARTS) is 1. The molecule has 0 aromatic carbocycles. The molecule has 0 aliphatic rings. The van der Waals surface area contributed by atoms with Gasteiger partial charge in [0.2, 0.25) is 0 Å². The normalized spacial score (nSPS) is 7.47. The van der Waals surface area contributed by atoms with Gasteiger partial charge in [0.05, 0.1) is 0 Å². The number of aliphatic carboxylic acids is 1. The van der Waals surface area contributed by atoms with Crippen LogP contribution in [0.15, 0.2) is 24.8 Å². The van der Waals surface area contributed by atoms with Gasteiger partial charge in [-0.25, -0.2) is 4.79 Å². The van der Waals surface area contributed by atoms with Gasteiger partial charge >= 0.3 is 11.9 Å². The molecule has 82 valence electrons. The number of rotatable bonds is 4.